The fourth-order valence-corrected chi connectivity index (χ4v) is 5.75. The Morgan fingerprint density at radius 3 is 2.61 bits per heavy atom. The Balaban J connectivity index is 1.20. The second kappa shape index (κ2) is 9.67. The molecule has 1 aliphatic carbocycles. The number of carbonyl (C=O) groups excluding carboxylic acids is 1. The number of hydrogen-bond donors (Lipinski definition) is 0. The highest BCUT2D eigenvalue weighted by Crippen LogP contribution is 2.45. The standard InChI is InChI=1S/C26H34N4O3/c1-32-25(31)21-9-5-6-10-22(21)33-23-15-27-19-28-24(23)30-17-26(18-30)11-13-29(14-12-26)16-20-7-3-2-4-8-20/h5-6,9-10,15,19-20H,2-4,7-8,11-14,16-18H2,1H3. The van der Waals surface area contributed by atoms with Crippen LogP contribution < -0.4 is 9.64 Å². The highest BCUT2D eigenvalue weighted by atomic mass is 16.5. The van der Waals surface area contributed by atoms with E-state index in [9.17, 15) is 4.79 Å². The van der Waals surface area contributed by atoms with Crippen molar-refractivity contribution in [2.45, 2.75) is 44.9 Å². The van der Waals surface area contributed by atoms with Crippen molar-refractivity contribution >= 4 is 11.8 Å². The topological polar surface area (TPSA) is 67.8 Å². The first-order valence-electron chi connectivity index (χ1n) is 12.3. The van der Waals surface area contributed by atoms with Crippen molar-refractivity contribution in [3.8, 4) is 11.5 Å². The van der Waals surface area contributed by atoms with E-state index < -0.39 is 5.97 Å². The van der Waals surface area contributed by atoms with E-state index in [2.05, 4.69) is 19.8 Å². The Hall–Kier alpha value is -2.67. The number of ether oxygens (including phenoxy) is 2. The van der Waals surface area contributed by atoms with Gasteiger partial charge in [-0.2, -0.15) is 0 Å². The third-order valence-corrected chi connectivity index (χ3v) is 7.68. The average Bonchev–Trinajstić information content (AvgIpc) is 2.84. The highest BCUT2D eigenvalue weighted by Gasteiger charge is 2.46. The van der Waals surface area contributed by atoms with Gasteiger partial charge in [0.2, 0.25) is 0 Å². The number of methoxy groups -OCH3 is 1. The van der Waals surface area contributed by atoms with E-state index in [1.54, 1.807) is 30.7 Å². The lowest BCUT2D eigenvalue weighted by Crippen LogP contribution is -2.61. The van der Waals surface area contributed by atoms with Crippen molar-refractivity contribution in [3.05, 3.63) is 42.4 Å². The van der Waals surface area contributed by atoms with Crippen LogP contribution in [-0.4, -0.2) is 60.7 Å². The van der Waals surface area contributed by atoms with Gasteiger partial charge in [0.05, 0.1) is 13.3 Å². The molecule has 0 N–H and O–H groups in total. The molecule has 1 aromatic heterocycles. The van der Waals surface area contributed by atoms with Crippen LogP contribution >= 0.6 is 0 Å². The smallest absolute Gasteiger partial charge is 0.341 e. The number of benzene rings is 1. The zero-order valence-corrected chi connectivity index (χ0v) is 19.5. The Bertz CT molecular complexity index is 960. The molecule has 1 aromatic carbocycles. The maximum atomic E-state index is 12.1. The van der Waals surface area contributed by atoms with Crippen LogP contribution in [-0.2, 0) is 4.74 Å². The Labute approximate surface area is 196 Å². The van der Waals surface area contributed by atoms with Gasteiger partial charge >= 0.3 is 5.97 Å². The first-order chi connectivity index (χ1) is 16.2. The van der Waals surface area contributed by atoms with E-state index in [4.69, 9.17) is 9.47 Å². The van der Waals surface area contributed by atoms with Crippen LogP contribution in [0.15, 0.2) is 36.8 Å². The zero-order valence-electron chi connectivity index (χ0n) is 19.5. The molecule has 3 aliphatic rings. The molecule has 5 rings (SSSR count). The Morgan fingerprint density at radius 2 is 1.85 bits per heavy atom. The minimum atomic E-state index is -0.424. The van der Waals surface area contributed by atoms with Gasteiger partial charge in [-0.05, 0) is 56.8 Å². The SMILES string of the molecule is COC(=O)c1ccccc1Oc1cncnc1N1CC2(CCN(CC3CCCCC3)CC2)C1. The fourth-order valence-electron chi connectivity index (χ4n) is 5.75. The lowest BCUT2D eigenvalue weighted by molar-refractivity contribution is 0.0597. The van der Waals surface area contributed by atoms with Crippen molar-refractivity contribution in [1.82, 2.24) is 14.9 Å². The number of esters is 1. The summed E-state index contributed by atoms with van der Waals surface area (Å²) in [5.74, 6) is 2.30. The number of rotatable bonds is 6. The number of likely N-dealkylation sites (tertiary alicyclic amines) is 1. The van der Waals surface area contributed by atoms with E-state index in [-0.39, 0.29) is 0 Å². The van der Waals surface area contributed by atoms with Crippen LogP contribution in [0.1, 0.15) is 55.3 Å². The zero-order chi connectivity index (χ0) is 22.7. The van der Waals surface area contributed by atoms with Crippen molar-refractivity contribution in [1.29, 1.82) is 0 Å². The molecule has 2 saturated heterocycles. The van der Waals surface area contributed by atoms with Gasteiger partial charge < -0.3 is 19.3 Å². The van der Waals surface area contributed by atoms with Crippen molar-refractivity contribution in [3.63, 3.8) is 0 Å². The molecular weight excluding hydrogens is 416 g/mol. The summed E-state index contributed by atoms with van der Waals surface area (Å²) in [6.45, 7) is 5.71. The molecule has 1 saturated carbocycles. The van der Waals surface area contributed by atoms with Gasteiger partial charge in [-0.1, -0.05) is 31.4 Å². The average molecular weight is 451 g/mol. The number of piperidine rings is 1. The summed E-state index contributed by atoms with van der Waals surface area (Å²) < 4.78 is 11.0. The molecule has 0 radical (unpaired) electrons. The molecule has 0 bridgehead atoms. The normalized spacial score (nSPS) is 20.9. The second-order valence-corrected chi connectivity index (χ2v) is 9.96. The molecule has 1 spiro atoms. The summed E-state index contributed by atoms with van der Waals surface area (Å²) in [7, 11) is 1.37. The summed E-state index contributed by atoms with van der Waals surface area (Å²) in [6.07, 6.45) is 12.9. The van der Waals surface area contributed by atoms with Crippen LogP contribution in [0.25, 0.3) is 0 Å². The molecule has 2 aliphatic heterocycles. The molecule has 176 valence electrons. The summed E-state index contributed by atoms with van der Waals surface area (Å²) in [4.78, 5) is 25.8. The number of carbonyl (C=O) groups is 1. The van der Waals surface area contributed by atoms with E-state index in [1.807, 2.05) is 6.07 Å². The summed E-state index contributed by atoms with van der Waals surface area (Å²) in [5.41, 5.74) is 0.773. The second-order valence-electron chi connectivity index (χ2n) is 9.96. The van der Waals surface area contributed by atoms with Crippen molar-refractivity contribution < 1.29 is 14.3 Å². The maximum absolute atomic E-state index is 12.1. The lowest BCUT2D eigenvalue weighted by atomic mass is 9.71. The molecule has 2 aromatic rings. The van der Waals surface area contributed by atoms with E-state index in [0.717, 1.165) is 24.8 Å². The minimum absolute atomic E-state index is 0.384. The molecule has 0 unspecified atom stereocenters. The quantitative estimate of drug-likeness (QED) is 0.599. The fraction of sp³-hybridized carbons (Fsp3) is 0.577. The van der Waals surface area contributed by atoms with Gasteiger partial charge in [0, 0.05) is 25.0 Å². The van der Waals surface area contributed by atoms with Gasteiger partial charge in [-0.15, -0.1) is 0 Å². The van der Waals surface area contributed by atoms with Gasteiger partial charge in [-0.25, -0.2) is 14.8 Å². The molecule has 7 nitrogen and oxygen atoms in total. The predicted molar refractivity (Wildman–Crippen MR) is 127 cm³/mol. The highest BCUT2D eigenvalue weighted by molar-refractivity contribution is 5.92. The number of aromatic nitrogens is 2. The lowest BCUT2D eigenvalue weighted by Gasteiger charge is -2.54. The molecule has 3 heterocycles. The number of anilines is 1. The predicted octanol–water partition coefficient (Wildman–Crippen LogP) is 4.54. The molecule has 33 heavy (non-hydrogen) atoms. The van der Waals surface area contributed by atoms with Gasteiger partial charge in [0.1, 0.15) is 17.6 Å². The number of nitrogens with zero attached hydrogens (tertiary/aromatic N) is 4. The molecule has 3 fully saturated rings. The maximum Gasteiger partial charge on any atom is 0.341 e. The number of para-hydroxylation sites is 1. The molecule has 0 amide bonds. The third-order valence-electron chi connectivity index (χ3n) is 7.68. The van der Waals surface area contributed by atoms with E-state index in [0.29, 0.717) is 22.5 Å². The van der Waals surface area contributed by atoms with Crippen LogP contribution in [0.4, 0.5) is 5.82 Å². The van der Waals surface area contributed by atoms with Crippen LogP contribution in [0, 0.1) is 11.3 Å². The first-order valence-corrected chi connectivity index (χ1v) is 12.3. The summed E-state index contributed by atoms with van der Waals surface area (Å²) in [6, 6.07) is 7.10. The molecule has 0 atom stereocenters. The van der Waals surface area contributed by atoms with Crippen molar-refractivity contribution in [2.24, 2.45) is 11.3 Å². The van der Waals surface area contributed by atoms with E-state index >= 15 is 0 Å². The van der Waals surface area contributed by atoms with Crippen LogP contribution in [0.3, 0.4) is 0 Å². The van der Waals surface area contributed by atoms with Gasteiger partial charge in [0.15, 0.2) is 11.6 Å². The van der Waals surface area contributed by atoms with Gasteiger partial charge in [-0.3, -0.25) is 0 Å². The van der Waals surface area contributed by atoms with Crippen molar-refractivity contribution in [2.75, 3.05) is 44.7 Å². The Morgan fingerprint density at radius 1 is 1.09 bits per heavy atom. The molecular formula is C26H34N4O3. The molecule has 7 heteroatoms. The largest absolute Gasteiger partial charge is 0.465 e. The van der Waals surface area contributed by atoms with E-state index in [1.165, 1.54) is 71.7 Å². The van der Waals surface area contributed by atoms with Crippen LogP contribution in [0.2, 0.25) is 0 Å². The first kappa shape index (κ1) is 22.1. The van der Waals surface area contributed by atoms with Gasteiger partial charge in [0.25, 0.3) is 0 Å². The Kier molecular flexibility index (Phi) is 6.49. The number of hydrogen-bond acceptors (Lipinski definition) is 7. The monoisotopic (exact) mass is 450 g/mol. The summed E-state index contributed by atoms with van der Waals surface area (Å²) >= 11 is 0. The third kappa shape index (κ3) is 4.83. The minimum Gasteiger partial charge on any atom is -0.465 e. The van der Waals surface area contributed by atoms with Crippen LogP contribution in [0.5, 0.6) is 11.5 Å². The summed E-state index contributed by atoms with van der Waals surface area (Å²) in [5, 5.41) is 0.